The van der Waals surface area contributed by atoms with E-state index in [1.165, 1.54) is 70.0 Å². The van der Waals surface area contributed by atoms with Gasteiger partial charge in [0.2, 0.25) is 0 Å². The van der Waals surface area contributed by atoms with Crippen LogP contribution in [0.25, 0.3) is 0 Å². The summed E-state index contributed by atoms with van der Waals surface area (Å²) in [6, 6.07) is 0. The highest BCUT2D eigenvalue weighted by Gasteiger charge is 2.34. The van der Waals surface area contributed by atoms with E-state index >= 15 is 0 Å². The van der Waals surface area contributed by atoms with Gasteiger partial charge in [-0.3, -0.25) is 4.99 Å². The van der Waals surface area contributed by atoms with Gasteiger partial charge in [0.25, 0.3) is 0 Å². The van der Waals surface area contributed by atoms with Crippen LogP contribution in [0.2, 0.25) is 0 Å². The van der Waals surface area contributed by atoms with Crippen molar-refractivity contribution in [1.29, 1.82) is 0 Å². The van der Waals surface area contributed by atoms with Gasteiger partial charge in [0.05, 0.1) is 12.7 Å². The Morgan fingerprint density at radius 2 is 1.86 bits per heavy atom. The molecule has 3 rings (SSSR count). The third kappa shape index (κ3) is 4.62. The Labute approximate surface area is 133 Å². The summed E-state index contributed by atoms with van der Waals surface area (Å²) in [6.07, 6.45) is 14.2. The number of nitrogens with zero attached hydrogens (tertiary/aromatic N) is 1. The third-order valence-electron chi connectivity index (χ3n) is 5.27. The van der Waals surface area contributed by atoms with Gasteiger partial charge in [-0.05, 0) is 31.1 Å². The number of nitrogens with one attached hydrogen (secondary N) is 1. The second-order valence-electron chi connectivity index (χ2n) is 7.03. The van der Waals surface area contributed by atoms with Crippen molar-refractivity contribution in [3.63, 3.8) is 0 Å². The smallest absolute Gasteiger partial charge is 0.156 e. The summed E-state index contributed by atoms with van der Waals surface area (Å²) in [6.45, 7) is 2.79. The highest BCUT2D eigenvalue weighted by molar-refractivity contribution is 8.13. The first-order valence-corrected chi connectivity index (χ1v) is 9.88. The first-order chi connectivity index (χ1) is 10.4. The van der Waals surface area contributed by atoms with E-state index in [4.69, 9.17) is 9.73 Å². The number of hydrogen-bond acceptors (Lipinski definition) is 4. The van der Waals surface area contributed by atoms with Gasteiger partial charge in [-0.15, -0.1) is 0 Å². The Morgan fingerprint density at radius 3 is 2.57 bits per heavy atom. The molecule has 1 N–H and O–H groups in total. The van der Waals surface area contributed by atoms with Gasteiger partial charge < -0.3 is 10.1 Å². The largest absolute Gasteiger partial charge is 0.376 e. The fourth-order valence-electron chi connectivity index (χ4n) is 3.88. The maximum atomic E-state index is 5.96. The molecule has 4 heteroatoms. The molecule has 0 bridgehead atoms. The van der Waals surface area contributed by atoms with Crippen molar-refractivity contribution >= 4 is 16.9 Å². The fourth-order valence-corrected chi connectivity index (χ4v) is 5.06. The van der Waals surface area contributed by atoms with Gasteiger partial charge >= 0.3 is 0 Å². The van der Waals surface area contributed by atoms with Crippen molar-refractivity contribution in [3.05, 3.63) is 0 Å². The normalized spacial score (nSPS) is 26.6. The summed E-state index contributed by atoms with van der Waals surface area (Å²) in [7, 11) is 0. The van der Waals surface area contributed by atoms with E-state index in [1.54, 1.807) is 0 Å². The number of hydrogen-bond donors (Lipinski definition) is 1. The van der Waals surface area contributed by atoms with E-state index in [0.717, 1.165) is 24.9 Å². The molecule has 1 spiro atoms. The minimum Gasteiger partial charge on any atom is -0.376 e. The number of rotatable bonds is 4. The highest BCUT2D eigenvalue weighted by Crippen LogP contribution is 2.41. The summed E-state index contributed by atoms with van der Waals surface area (Å²) in [4.78, 5) is 4.80. The molecule has 21 heavy (non-hydrogen) atoms. The van der Waals surface area contributed by atoms with Gasteiger partial charge in [-0.2, -0.15) is 0 Å². The van der Waals surface area contributed by atoms with Gasteiger partial charge in [0.1, 0.15) is 0 Å². The van der Waals surface area contributed by atoms with Crippen LogP contribution in [-0.4, -0.2) is 36.7 Å². The third-order valence-corrected chi connectivity index (χ3v) is 6.57. The van der Waals surface area contributed by atoms with Gasteiger partial charge in [0.15, 0.2) is 5.17 Å². The second-order valence-corrected chi connectivity index (χ2v) is 7.99. The summed E-state index contributed by atoms with van der Waals surface area (Å²) < 4.78 is 5.96. The number of amidine groups is 1. The van der Waals surface area contributed by atoms with Crippen LogP contribution in [0.3, 0.4) is 0 Å². The average molecular weight is 311 g/mol. The van der Waals surface area contributed by atoms with Crippen LogP contribution in [0.15, 0.2) is 4.99 Å². The Morgan fingerprint density at radius 1 is 1.10 bits per heavy atom. The first kappa shape index (κ1) is 15.7. The summed E-state index contributed by atoms with van der Waals surface area (Å²) in [5.41, 5.74) is 0.534. The van der Waals surface area contributed by atoms with Crippen LogP contribution in [0.1, 0.15) is 64.2 Å². The van der Waals surface area contributed by atoms with E-state index in [-0.39, 0.29) is 0 Å². The van der Waals surface area contributed by atoms with Crippen molar-refractivity contribution in [2.75, 3.05) is 25.4 Å². The zero-order chi connectivity index (χ0) is 14.4. The average Bonchev–Trinajstić information content (AvgIpc) is 2.55. The molecule has 2 fully saturated rings. The molecule has 120 valence electrons. The Bertz CT molecular complexity index is 347. The van der Waals surface area contributed by atoms with E-state index in [2.05, 4.69) is 5.32 Å². The highest BCUT2D eigenvalue weighted by atomic mass is 32.2. The maximum Gasteiger partial charge on any atom is 0.156 e. The van der Waals surface area contributed by atoms with Crippen LogP contribution in [-0.2, 0) is 4.74 Å². The number of aliphatic imine (C=N–C) groups is 1. The van der Waals surface area contributed by atoms with Gasteiger partial charge in [-0.25, -0.2) is 0 Å². The molecule has 1 aliphatic heterocycles. The van der Waals surface area contributed by atoms with Crippen molar-refractivity contribution in [3.8, 4) is 0 Å². The van der Waals surface area contributed by atoms with Crippen molar-refractivity contribution in [2.24, 2.45) is 10.4 Å². The fraction of sp³-hybridized carbons (Fsp3) is 0.941. The minimum atomic E-state index is 0.520. The monoisotopic (exact) mass is 310 g/mol. The Kier molecular flexibility index (Phi) is 5.87. The Hall–Kier alpha value is -0.220. The van der Waals surface area contributed by atoms with Gasteiger partial charge in [-0.1, -0.05) is 50.3 Å². The SMILES string of the molecule is C1CCC(OCCNC2=NCC3(CCCCC3)CS2)CC1. The van der Waals surface area contributed by atoms with Crippen molar-refractivity contribution in [2.45, 2.75) is 70.3 Å². The summed E-state index contributed by atoms with van der Waals surface area (Å²) in [5.74, 6) is 1.27. The molecule has 0 aromatic rings. The van der Waals surface area contributed by atoms with E-state index in [1.807, 2.05) is 11.8 Å². The molecule has 0 aromatic heterocycles. The minimum absolute atomic E-state index is 0.520. The molecule has 3 nitrogen and oxygen atoms in total. The molecule has 0 unspecified atom stereocenters. The van der Waals surface area contributed by atoms with Crippen molar-refractivity contribution < 1.29 is 4.74 Å². The lowest BCUT2D eigenvalue weighted by Gasteiger charge is -2.38. The topological polar surface area (TPSA) is 33.6 Å². The second kappa shape index (κ2) is 7.87. The molecule has 2 saturated carbocycles. The van der Waals surface area contributed by atoms with E-state index in [9.17, 15) is 0 Å². The van der Waals surface area contributed by atoms with Crippen LogP contribution in [0.4, 0.5) is 0 Å². The van der Waals surface area contributed by atoms with Crippen LogP contribution in [0, 0.1) is 5.41 Å². The van der Waals surface area contributed by atoms with E-state index < -0.39 is 0 Å². The standard InChI is InChI=1S/C17H30N2OS/c1-3-7-15(8-4-1)20-12-11-18-16-19-13-17(14-21-16)9-5-2-6-10-17/h15H,1-14H2,(H,18,19). The summed E-state index contributed by atoms with van der Waals surface area (Å²) >= 11 is 1.94. The molecule has 2 aliphatic carbocycles. The van der Waals surface area contributed by atoms with Crippen LogP contribution < -0.4 is 5.32 Å². The zero-order valence-electron chi connectivity index (χ0n) is 13.2. The lowest BCUT2D eigenvalue weighted by atomic mass is 9.75. The predicted molar refractivity (Wildman–Crippen MR) is 91.1 cm³/mol. The molecule has 0 amide bonds. The summed E-state index contributed by atoms with van der Waals surface area (Å²) in [5, 5.41) is 4.62. The number of ether oxygens (including phenoxy) is 1. The van der Waals surface area contributed by atoms with Gasteiger partial charge in [0, 0.05) is 18.8 Å². The molecule has 0 saturated heterocycles. The van der Waals surface area contributed by atoms with Crippen LogP contribution >= 0.6 is 11.8 Å². The lowest BCUT2D eigenvalue weighted by Crippen LogP contribution is -2.37. The first-order valence-electron chi connectivity index (χ1n) is 8.89. The molecule has 0 radical (unpaired) electrons. The molecular weight excluding hydrogens is 280 g/mol. The lowest BCUT2D eigenvalue weighted by molar-refractivity contribution is 0.0319. The Balaban J connectivity index is 1.32. The van der Waals surface area contributed by atoms with Crippen molar-refractivity contribution in [1.82, 2.24) is 5.32 Å². The molecule has 0 aromatic carbocycles. The predicted octanol–water partition coefficient (Wildman–Crippen LogP) is 3.98. The molecular formula is C17H30N2OS. The molecule has 1 heterocycles. The van der Waals surface area contributed by atoms with E-state index in [0.29, 0.717) is 11.5 Å². The molecule has 0 atom stereocenters. The maximum absolute atomic E-state index is 5.96. The molecule has 3 aliphatic rings. The number of thioether (sulfide) groups is 1. The zero-order valence-corrected chi connectivity index (χ0v) is 14.1. The van der Waals surface area contributed by atoms with Crippen LogP contribution in [0.5, 0.6) is 0 Å². The quantitative estimate of drug-likeness (QED) is 0.798.